The third-order valence-electron chi connectivity index (χ3n) is 6.65. The summed E-state index contributed by atoms with van der Waals surface area (Å²) >= 11 is 0. The maximum absolute atomic E-state index is 13.2. The van der Waals surface area contributed by atoms with E-state index in [0.717, 1.165) is 17.5 Å². The molecule has 0 spiro atoms. The first-order chi connectivity index (χ1) is 17.2. The smallest absolute Gasteiger partial charge is 0.196 e. The summed E-state index contributed by atoms with van der Waals surface area (Å²) in [7, 11) is 0. The first kappa shape index (κ1) is 24.9. The zero-order valence-corrected chi connectivity index (χ0v) is 20.7. The number of carbonyl (C=O) groups is 2. The highest BCUT2D eigenvalue weighted by atomic mass is 16.3. The van der Waals surface area contributed by atoms with Crippen molar-refractivity contribution >= 4 is 11.6 Å². The Labute approximate surface area is 211 Å². The Bertz CT molecular complexity index is 1290. The normalized spacial score (nSPS) is 11.4. The molecule has 0 unspecified atom stereocenters. The number of aromatic hydroxyl groups is 2. The second-order valence-electron chi connectivity index (χ2n) is 9.78. The van der Waals surface area contributed by atoms with Crippen molar-refractivity contribution in [3.63, 3.8) is 0 Å². The molecule has 4 heteroatoms. The van der Waals surface area contributed by atoms with Crippen LogP contribution in [-0.4, -0.2) is 21.8 Å². The van der Waals surface area contributed by atoms with Crippen LogP contribution in [0.1, 0.15) is 70.2 Å². The van der Waals surface area contributed by atoms with E-state index < -0.39 is 5.41 Å². The zero-order valence-electron chi connectivity index (χ0n) is 20.7. The Hall–Kier alpha value is -4.18. The van der Waals surface area contributed by atoms with E-state index in [-0.39, 0.29) is 34.2 Å². The second-order valence-corrected chi connectivity index (χ2v) is 9.78. The quantitative estimate of drug-likeness (QED) is 0.270. The van der Waals surface area contributed by atoms with Gasteiger partial charge in [-0.05, 0) is 47.7 Å². The summed E-state index contributed by atoms with van der Waals surface area (Å²) in [5.41, 5.74) is 2.55. The molecule has 0 aliphatic carbocycles. The average molecular weight is 479 g/mol. The van der Waals surface area contributed by atoms with Crippen LogP contribution in [0.25, 0.3) is 0 Å². The first-order valence-corrected chi connectivity index (χ1v) is 12.1. The number of hydrogen-bond donors (Lipinski definition) is 2. The number of phenols is 2. The summed E-state index contributed by atoms with van der Waals surface area (Å²) in [6, 6.07) is 28.0. The summed E-state index contributed by atoms with van der Waals surface area (Å²) in [5.74, 6) is -0.380. The molecule has 0 aromatic heterocycles. The summed E-state index contributed by atoms with van der Waals surface area (Å²) in [5, 5.41) is 21.1. The molecule has 0 heterocycles. The van der Waals surface area contributed by atoms with Crippen molar-refractivity contribution in [1.82, 2.24) is 0 Å². The van der Waals surface area contributed by atoms with Crippen molar-refractivity contribution in [2.45, 2.75) is 32.6 Å². The number of carbonyl (C=O) groups excluding carboxylic acids is 2. The fourth-order valence-corrected chi connectivity index (χ4v) is 4.83. The fourth-order valence-electron chi connectivity index (χ4n) is 4.83. The van der Waals surface area contributed by atoms with Crippen molar-refractivity contribution in [1.29, 1.82) is 0 Å². The van der Waals surface area contributed by atoms with Gasteiger partial charge >= 0.3 is 0 Å². The molecule has 4 aromatic carbocycles. The molecule has 0 atom stereocenters. The maximum Gasteiger partial charge on any atom is 0.196 e. The maximum atomic E-state index is 13.2. The fraction of sp³-hybridized carbons (Fsp3) is 0.188. The molecule has 0 aliphatic heterocycles. The lowest BCUT2D eigenvalue weighted by atomic mass is 9.70. The average Bonchev–Trinajstić information content (AvgIpc) is 2.89. The molecule has 0 saturated carbocycles. The van der Waals surface area contributed by atoms with Crippen molar-refractivity contribution in [2.75, 3.05) is 0 Å². The van der Waals surface area contributed by atoms with Gasteiger partial charge in [-0.25, -0.2) is 0 Å². The number of benzene rings is 4. The van der Waals surface area contributed by atoms with E-state index in [2.05, 4.69) is 20.8 Å². The molecule has 0 bridgehead atoms. The standard InChI is InChI=1S/C32H30O4/c1-21(2)20-32(3,24-14-16-28(33)26(18-24)30(35)22-10-6-4-7-11-22)25-15-17-29(34)27(19-25)31(36)23-12-8-5-9-13-23/h4-19,21,33-34H,20H2,1-3H3. The Morgan fingerprint density at radius 1 is 0.667 bits per heavy atom. The highest BCUT2D eigenvalue weighted by Gasteiger charge is 2.32. The van der Waals surface area contributed by atoms with E-state index in [0.29, 0.717) is 17.0 Å². The summed E-state index contributed by atoms with van der Waals surface area (Å²) in [6.45, 7) is 6.30. The SMILES string of the molecule is CC(C)CC(C)(c1ccc(O)c(C(=O)c2ccccc2)c1)c1ccc(O)c(C(=O)c2ccccc2)c1. The molecule has 4 nitrogen and oxygen atoms in total. The van der Waals surface area contributed by atoms with Crippen LogP contribution in [0.5, 0.6) is 11.5 Å². The lowest BCUT2D eigenvalue weighted by Gasteiger charge is -2.33. The van der Waals surface area contributed by atoms with Gasteiger partial charge < -0.3 is 10.2 Å². The van der Waals surface area contributed by atoms with Crippen molar-refractivity contribution in [3.05, 3.63) is 130 Å². The van der Waals surface area contributed by atoms with Gasteiger partial charge in [-0.15, -0.1) is 0 Å². The second kappa shape index (κ2) is 10.2. The molecule has 182 valence electrons. The molecular weight excluding hydrogens is 448 g/mol. The van der Waals surface area contributed by atoms with Crippen molar-refractivity contribution in [3.8, 4) is 11.5 Å². The minimum atomic E-state index is -0.590. The zero-order chi connectivity index (χ0) is 25.9. The molecule has 0 amide bonds. The van der Waals surface area contributed by atoms with Gasteiger partial charge in [0.25, 0.3) is 0 Å². The molecule has 4 aromatic rings. The van der Waals surface area contributed by atoms with Crippen LogP contribution in [0.3, 0.4) is 0 Å². The van der Waals surface area contributed by atoms with Crippen LogP contribution >= 0.6 is 0 Å². The van der Waals surface area contributed by atoms with Crippen LogP contribution < -0.4 is 0 Å². The summed E-state index contributed by atoms with van der Waals surface area (Å²) in [6.07, 6.45) is 0.723. The lowest BCUT2D eigenvalue weighted by molar-refractivity contribution is 0.102. The van der Waals surface area contributed by atoms with E-state index in [1.165, 1.54) is 0 Å². The van der Waals surface area contributed by atoms with Gasteiger partial charge in [0.1, 0.15) is 11.5 Å². The third kappa shape index (κ3) is 4.94. The van der Waals surface area contributed by atoms with Crippen molar-refractivity contribution in [2.24, 2.45) is 5.92 Å². The van der Waals surface area contributed by atoms with Crippen LogP contribution in [0.15, 0.2) is 97.1 Å². The van der Waals surface area contributed by atoms with Gasteiger partial charge in [0.2, 0.25) is 0 Å². The minimum absolute atomic E-state index is 0.0786. The Kier molecular flexibility index (Phi) is 7.07. The molecule has 0 fully saturated rings. The van der Waals surface area contributed by atoms with E-state index in [9.17, 15) is 19.8 Å². The van der Waals surface area contributed by atoms with Crippen molar-refractivity contribution < 1.29 is 19.8 Å². The minimum Gasteiger partial charge on any atom is -0.507 e. The first-order valence-electron chi connectivity index (χ1n) is 12.1. The number of rotatable bonds is 8. The Morgan fingerprint density at radius 2 is 1.06 bits per heavy atom. The summed E-state index contributed by atoms with van der Waals surface area (Å²) in [4.78, 5) is 26.4. The van der Waals surface area contributed by atoms with Gasteiger partial charge in [-0.3, -0.25) is 9.59 Å². The predicted octanol–water partition coefficient (Wildman–Crippen LogP) is 6.91. The topological polar surface area (TPSA) is 74.6 Å². The molecule has 4 rings (SSSR count). The van der Waals surface area contributed by atoms with Crippen LogP contribution in [-0.2, 0) is 5.41 Å². The van der Waals surface area contributed by atoms with Crippen LogP contribution in [0.4, 0.5) is 0 Å². The summed E-state index contributed by atoms with van der Waals surface area (Å²) < 4.78 is 0. The highest BCUT2D eigenvalue weighted by molar-refractivity contribution is 6.11. The van der Waals surface area contributed by atoms with Gasteiger partial charge in [0.05, 0.1) is 11.1 Å². The molecule has 36 heavy (non-hydrogen) atoms. The van der Waals surface area contributed by atoms with Gasteiger partial charge in [-0.2, -0.15) is 0 Å². The van der Waals surface area contributed by atoms with Crippen LogP contribution in [0.2, 0.25) is 0 Å². The molecule has 0 aliphatic rings. The van der Waals surface area contributed by atoms with E-state index >= 15 is 0 Å². The van der Waals surface area contributed by atoms with Gasteiger partial charge in [0.15, 0.2) is 11.6 Å². The monoisotopic (exact) mass is 478 g/mol. The lowest BCUT2D eigenvalue weighted by Crippen LogP contribution is -2.26. The number of ketones is 2. The Balaban J connectivity index is 1.83. The number of hydrogen-bond acceptors (Lipinski definition) is 4. The molecule has 0 radical (unpaired) electrons. The molecular formula is C32H30O4. The predicted molar refractivity (Wildman–Crippen MR) is 142 cm³/mol. The van der Waals surface area contributed by atoms with E-state index in [1.54, 1.807) is 72.8 Å². The van der Waals surface area contributed by atoms with Crippen LogP contribution in [0, 0.1) is 5.92 Å². The molecule has 2 N–H and O–H groups in total. The third-order valence-corrected chi connectivity index (χ3v) is 6.65. The van der Waals surface area contributed by atoms with Gasteiger partial charge in [0, 0.05) is 16.5 Å². The highest BCUT2D eigenvalue weighted by Crippen LogP contribution is 2.41. The Morgan fingerprint density at radius 3 is 1.42 bits per heavy atom. The van der Waals surface area contributed by atoms with E-state index in [1.807, 2.05) is 24.3 Å². The van der Waals surface area contributed by atoms with E-state index in [4.69, 9.17) is 0 Å². The largest absolute Gasteiger partial charge is 0.507 e. The van der Waals surface area contributed by atoms with Gasteiger partial charge in [-0.1, -0.05) is 93.6 Å². The number of phenolic OH excluding ortho intramolecular Hbond substituents is 2. The molecule has 0 saturated heterocycles.